The first-order valence-electron chi connectivity index (χ1n) is 7.04. The number of hydrogen-bond acceptors (Lipinski definition) is 3. The van der Waals surface area contributed by atoms with Crippen molar-refractivity contribution in [3.63, 3.8) is 0 Å². The lowest BCUT2D eigenvalue weighted by molar-refractivity contribution is 0.429. The third-order valence-electron chi connectivity index (χ3n) is 4.16. The molecule has 17 heavy (non-hydrogen) atoms. The fourth-order valence-corrected chi connectivity index (χ4v) is 3.11. The minimum atomic E-state index is 0.621. The minimum Gasteiger partial charge on any atom is -0.316 e. The zero-order valence-corrected chi connectivity index (χ0v) is 10.4. The Balaban J connectivity index is 1.60. The van der Waals surface area contributed by atoms with E-state index in [0.29, 0.717) is 5.92 Å². The van der Waals surface area contributed by atoms with Crippen LogP contribution in [0.3, 0.4) is 0 Å². The Morgan fingerprint density at radius 3 is 2.76 bits per heavy atom. The molecule has 1 unspecified atom stereocenters. The maximum atomic E-state index is 4.70. The van der Waals surface area contributed by atoms with E-state index in [1.807, 2.05) is 0 Å². The quantitative estimate of drug-likeness (QED) is 0.841. The molecule has 0 radical (unpaired) electrons. The summed E-state index contributed by atoms with van der Waals surface area (Å²) in [7, 11) is 0. The SMILES string of the molecule is C1CCC(c2n[nH]c(CC3CCNC3)n2)CC1. The highest BCUT2D eigenvalue weighted by Gasteiger charge is 2.21. The molecule has 1 saturated heterocycles. The summed E-state index contributed by atoms with van der Waals surface area (Å²) in [5, 5.41) is 11.0. The predicted octanol–water partition coefficient (Wildman–Crippen LogP) is 2.00. The molecular weight excluding hydrogens is 212 g/mol. The molecule has 0 spiro atoms. The third-order valence-corrected chi connectivity index (χ3v) is 4.16. The van der Waals surface area contributed by atoms with Crippen LogP contribution in [0.1, 0.15) is 56.1 Å². The average Bonchev–Trinajstić information content (AvgIpc) is 3.02. The van der Waals surface area contributed by atoms with Gasteiger partial charge in [0.05, 0.1) is 0 Å². The first kappa shape index (κ1) is 11.2. The molecule has 1 aliphatic heterocycles. The molecule has 3 rings (SSSR count). The molecule has 2 N–H and O–H groups in total. The van der Waals surface area contributed by atoms with Gasteiger partial charge in [-0.2, -0.15) is 5.10 Å². The van der Waals surface area contributed by atoms with Gasteiger partial charge in [-0.1, -0.05) is 19.3 Å². The zero-order chi connectivity index (χ0) is 11.5. The van der Waals surface area contributed by atoms with E-state index in [1.165, 1.54) is 38.5 Å². The molecule has 2 heterocycles. The number of H-pyrrole nitrogens is 1. The van der Waals surface area contributed by atoms with Crippen molar-refractivity contribution in [3.05, 3.63) is 11.6 Å². The topological polar surface area (TPSA) is 53.6 Å². The molecule has 4 heteroatoms. The van der Waals surface area contributed by atoms with Crippen LogP contribution >= 0.6 is 0 Å². The Labute approximate surface area is 103 Å². The van der Waals surface area contributed by atoms with Gasteiger partial charge in [0.25, 0.3) is 0 Å². The largest absolute Gasteiger partial charge is 0.316 e. The summed E-state index contributed by atoms with van der Waals surface area (Å²) >= 11 is 0. The first-order chi connectivity index (χ1) is 8.42. The Hall–Kier alpha value is -0.900. The summed E-state index contributed by atoms with van der Waals surface area (Å²) in [6, 6.07) is 0. The first-order valence-corrected chi connectivity index (χ1v) is 7.04. The average molecular weight is 234 g/mol. The molecule has 1 aromatic rings. The van der Waals surface area contributed by atoms with E-state index in [1.54, 1.807) is 0 Å². The van der Waals surface area contributed by atoms with E-state index >= 15 is 0 Å². The van der Waals surface area contributed by atoms with Crippen molar-refractivity contribution in [2.45, 2.75) is 50.9 Å². The highest BCUT2D eigenvalue weighted by atomic mass is 15.2. The number of nitrogens with zero attached hydrogens (tertiary/aromatic N) is 2. The highest BCUT2D eigenvalue weighted by molar-refractivity contribution is 5.00. The van der Waals surface area contributed by atoms with Gasteiger partial charge in [0, 0.05) is 12.3 Å². The molecule has 0 aromatic carbocycles. The van der Waals surface area contributed by atoms with Crippen molar-refractivity contribution < 1.29 is 0 Å². The summed E-state index contributed by atoms with van der Waals surface area (Å²) in [6.07, 6.45) is 8.99. The third kappa shape index (κ3) is 2.68. The van der Waals surface area contributed by atoms with Crippen LogP contribution < -0.4 is 5.32 Å². The highest BCUT2D eigenvalue weighted by Crippen LogP contribution is 2.30. The van der Waals surface area contributed by atoms with Gasteiger partial charge in [-0.3, -0.25) is 5.10 Å². The lowest BCUT2D eigenvalue weighted by Gasteiger charge is -2.18. The Morgan fingerprint density at radius 1 is 1.12 bits per heavy atom. The van der Waals surface area contributed by atoms with Crippen molar-refractivity contribution in [2.75, 3.05) is 13.1 Å². The van der Waals surface area contributed by atoms with Crippen molar-refractivity contribution in [1.82, 2.24) is 20.5 Å². The molecule has 2 fully saturated rings. The van der Waals surface area contributed by atoms with Gasteiger partial charge in [0.2, 0.25) is 0 Å². The number of hydrogen-bond donors (Lipinski definition) is 2. The second-order valence-corrected chi connectivity index (χ2v) is 5.54. The molecule has 1 aliphatic carbocycles. The lowest BCUT2D eigenvalue weighted by Crippen LogP contribution is -2.11. The van der Waals surface area contributed by atoms with Crippen LogP contribution in [0.2, 0.25) is 0 Å². The molecule has 1 aromatic heterocycles. The second-order valence-electron chi connectivity index (χ2n) is 5.54. The molecule has 1 atom stereocenters. The van der Waals surface area contributed by atoms with Gasteiger partial charge in [0.15, 0.2) is 5.82 Å². The van der Waals surface area contributed by atoms with Crippen LogP contribution in [0.5, 0.6) is 0 Å². The standard InChI is InChI=1S/C13H22N4/c1-2-4-11(5-3-1)13-15-12(16-17-13)8-10-6-7-14-9-10/h10-11,14H,1-9H2,(H,15,16,17). The maximum absolute atomic E-state index is 4.70. The summed E-state index contributed by atoms with van der Waals surface area (Å²) in [6.45, 7) is 2.30. The molecular formula is C13H22N4. The van der Waals surface area contributed by atoms with Crippen LogP contribution in [0.15, 0.2) is 0 Å². The fraction of sp³-hybridized carbons (Fsp3) is 0.846. The minimum absolute atomic E-state index is 0.621. The van der Waals surface area contributed by atoms with Gasteiger partial charge in [-0.05, 0) is 38.3 Å². The van der Waals surface area contributed by atoms with Gasteiger partial charge < -0.3 is 5.32 Å². The van der Waals surface area contributed by atoms with Crippen LogP contribution in [-0.2, 0) is 6.42 Å². The van der Waals surface area contributed by atoms with Crippen molar-refractivity contribution in [3.8, 4) is 0 Å². The van der Waals surface area contributed by atoms with Crippen LogP contribution in [0.4, 0.5) is 0 Å². The lowest BCUT2D eigenvalue weighted by atomic mass is 9.89. The fourth-order valence-electron chi connectivity index (χ4n) is 3.11. The van der Waals surface area contributed by atoms with Gasteiger partial charge in [-0.25, -0.2) is 4.98 Å². The monoisotopic (exact) mass is 234 g/mol. The van der Waals surface area contributed by atoms with E-state index in [9.17, 15) is 0 Å². The number of rotatable bonds is 3. The predicted molar refractivity (Wildman–Crippen MR) is 66.9 cm³/mol. The Bertz CT molecular complexity index is 348. The molecule has 94 valence electrons. The summed E-state index contributed by atoms with van der Waals surface area (Å²) < 4.78 is 0. The summed E-state index contributed by atoms with van der Waals surface area (Å²) in [5.74, 6) is 3.54. The van der Waals surface area contributed by atoms with Gasteiger partial charge >= 0.3 is 0 Å². The number of aromatic amines is 1. The van der Waals surface area contributed by atoms with Gasteiger partial charge in [-0.15, -0.1) is 0 Å². The van der Waals surface area contributed by atoms with E-state index in [0.717, 1.165) is 37.1 Å². The van der Waals surface area contributed by atoms with E-state index in [2.05, 4.69) is 15.5 Å². The van der Waals surface area contributed by atoms with E-state index in [4.69, 9.17) is 4.98 Å². The molecule has 0 bridgehead atoms. The second kappa shape index (κ2) is 5.17. The molecule has 4 nitrogen and oxygen atoms in total. The Kier molecular flexibility index (Phi) is 3.41. The van der Waals surface area contributed by atoms with Crippen LogP contribution in [0.25, 0.3) is 0 Å². The van der Waals surface area contributed by atoms with Crippen molar-refractivity contribution in [1.29, 1.82) is 0 Å². The zero-order valence-electron chi connectivity index (χ0n) is 10.4. The van der Waals surface area contributed by atoms with E-state index < -0.39 is 0 Å². The van der Waals surface area contributed by atoms with Gasteiger partial charge in [0.1, 0.15) is 5.82 Å². The van der Waals surface area contributed by atoms with Crippen molar-refractivity contribution in [2.24, 2.45) is 5.92 Å². The maximum Gasteiger partial charge on any atom is 0.153 e. The van der Waals surface area contributed by atoms with E-state index in [-0.39, 0.29) is 0 Å². The molecule has 2 aliphatic rings. The number of aromatic nitrogens is 3. The summed E-state index contributed by atoms with van der Waals surface area (Å²) in [4.78, 5) is 4.70. The number of nitrogens with one attached hydrogen (secondary N) is 2. The normalized spacial score (nSPS) is 26.5. The molecule has 1 saturated carbocycles. The van der Waals surface area contributed by atoms with Crippen LogP contribution in [0, 0.1) is 5.92 Å². The van der Waals surface area contributed by atoms with Crippen molar-refractivity contribution >= 4 is 0 Å². The van der Waals surface area contributed by atoms with Crippen LogP contribution in [-0.4, -0.2) is 28.3 Å². The Morgan fingerprint density at radius 2 is 2.00 bits per heavy atom. The molecule has 0 amide bonds. The summed E-state index contributed by atoms with van der Waals surface area (Å²) in [5.41, 5.74) is 0. The smallest absolute Gasteiger partial charge is 0.153 e.